The molecule has 6 heteroatoms. The van der Waals surface area contributed by atoms with Gasteiger partial charge in [0.15, 0.2) is 11.5 Å². The van der Waals surface area contributed by atoms with Crippen LogP contribution in [0.4, 0.5) is 0 Å². The first-order valence-electron chi connectivity index (χ1n) is 6.91. The number of hydrogen-bond donors (Lipinski definition) is 1. The van der Waals surface area contributed by atoms with Crippen LogP contribution in [0.15, 0.2) is 18.3 Å². The minimum atomic E-state index is 0.546. The van der Waals surface area contributed by atoms with Crippen LogP contribution in [0.25, 0.3) is 0 Å². The van der Waals surface area contributed by atoms with Crippen molar-refractivity contribution in [1.82, 2.24) is 15.1 Å². The normalized spacial score (nSPS) is 13.5. The molecule has 3 rings (SSSR count). The van der Waals surface area contributed by atoms with Crippen LogP contribution >= 0.6 is 11.6 Å². The average Bonchev–Trinajstić information content (AvgIpc) is 2.79. The zero-order chi connectivity index (χ0) is 14.8. The van der Waals surface area contributed by atoms with Crippen molar-refractivity contribution in [2.75, 3.05) is 13.2 Å². The molecule has 0 amide bonds. The Kier molecular flexibility index (Phi) is 4.03. The number of ether oxygens (including phenoxy) is 2. The van der Waals surface area contributed by atoms with Crippen LogP contribution in [0, 0.1) is 6.92 Å². The van der Waals surface area contributed by atoms with E-state index in [0.717, 1.165) is 17.9 Å². The number of benzene rings is 1. The summed E-state index contributed by atoms with van der Waals surface area (Å²) < 4.78 is 13.0. The maximum Gasteiger partial charge on any atom is 0.179 e. The molecule has 0 spiro atoms. The van der Waals surface area contributed by atoms with Gasteiger partial charge >= 0.3 is 0 Å². The van der Waals surface area contributed by atoms with Gasteiger partial charge in [0.2, 0.25) is 0 Å². The van der Waals surface area contributed by atoms with E-state index in [-0.39, 0.29) is 0 Å². The van der Waals surface area contributed by atoms with E-state index >= 15 is 0 Å². The molecule has 1 aliphatic rings. The van der Waals surface area contributed by atoms with Gasteiger partial charge < -0.3 is 14.8 Å². The molecule has 0 bridgehead atoms. The number of nitrogens with one attached hydrogen (secondary N) is 1. The topological polar surface area (TPSA) is 48.3 Å². The van der Waals surface area contributed by atoms with Gasteiger partial charge in [-0.25, -0.2) is 0 Å². The summed E-state index contributed by atoms with van der Waals surface area (Å²) in [4.78, 5) is 0. The number of rotatable bonds is 4. The molecule has 2 heterocycles. The Bertz CT molecular complexity index is 655. The SMILES string of the molecule is Cc1c(CNCc2cc(Cl)c3c(c2)OCCO3)cnn1C. The molecule has 0 radical (unpaired) electrons. The fourth-order valence-corrected chi connectivity index (χ4v) is 2.61. The lowest BCUT2D eigenvalue weighted by Crippen LogP contribution is -2.17. The molecule has 0 atom stereocenters. The third-order valence-electron chi connectivity index (χ3n) is 3.64. The summed E-state index contributed by atoms with van der Waals surface area (Å²) in [5, 5.41) is 8.23. The molecule has 21 heavy (non-hydrogen) atoms. The third-order valence-corrected chi connectivity index (χ3v) is 3.92. The Morgan fingerprint density at radius 2 is 2.10 bits per heavy atom. The molecule has 0 saturated heterocycles. The van der Waals surface area contributed by atoms with Crippen molar-refractivity contribution in [3.05, 3.63) is 40.2 Å². The van der Waals surface area contributed by atoms with Crippen LogP contribution < -0.4 is 14.8 Å². The zero-order valence-corrected chi connectivity index (χ0v) is 12.9. The highest BCUT2D eigenvalue weighted by molar-refractivity contribution is 6.32. The lowest BCUT2D eigenvalue weighted by molar-refractivity contribution is 0.171. The molecular weight excluding hydrogens is 290 g/mol. The summed E-state index contributed by atoms with van der Waals surface area (Å²) in [6.45, 7) is 4.65. The van der Waals surface area contributed by atoms with Gasteiger partial charge in [-0.05, 0) is 24.6 Å². The summed E-state index contributed by atoms with van der Waals surface area (Å²) in [6, 6.07) is 3.89. The lowest BCUT2D eigenvalue weighted by Gasteiger charge is -2.20. The van der Waals surface area contributed by atoms with Crippen LogP contribution in [0.3, 0.4) is 0 Å². The Labute approximate surface area is 128 Å². The first-order valence-corrected chi connectivity index (χ1v) is 7.29. The van der Waals surface area contributed by atoms with Crippen molar-refractivity contribution in [1.29, 1.82) is 0 Å². The van der Waals surface area contributed by atoms with E-state index in [0.29, 0.717) is 30.5 Å². The van der Waals surface area contributed by atoms with Gasteiger partial charge in [0.1, 0.15) is 13.2 Å². The molecule has 1 aromatic carbocycles. The molecule has 5 nitrogen and oxygen atoms in total. The van der Waals surface area contributed by atoms with Crippen LogP contribution in [0.5, 0.6) is 11.5 Å². The monoisotopic (exact) mass is 307 g/mol. The van der Waals surface area contributed by atoms with E-state index < -0.39 is 0 Å². The third kappa shape index (κ3) is 2.99. The fourth-order valence-electron chi connectivity index (χ4n) is 2.33. The maximum absolute atomic E-state index is 6.23. The Morgan fingerprint density at radius 1 is 1.29 bits per heavy atom. The van der Waals surface area contributed by atoms with Crippen molar-refractivity contribution in [2.45, 2.75) is 20.0 Å². The number of halogens is 1. The second-order valence-corrected chi connectivity index (χ2v) is 5.49. The predicted molar refractivity (Wildman–Crippen MR) is 80.9 cm³/mol. The average molecular weight is 308 g/mol. The summed E-state index contributed by atoms with van der Waals surface area (Å²) in [5.74, 6) is 1.37. The van der Waals surface area contributed by atoms with Crippen molar-refractivity contribution >= 4 is 11.6 Å². The minimum Gasteiger partial charge on any atom is -0.486 e. The predicted octanol–water partition coefficient (Wildman–Crippen LogP) is 2.44. The van der Waals surface area contributed by atoms with Crippen LogP contribution in [-0.2, 0) is 20.1 Å². The quantitative estimate of drug-likeness (QED) is 0.942. The molecular formula is C15H18ClN3O2. The maximum atomic E-state index is 6.23. The van der Waals surface area contributed by atoms with Crippen molar-refractivity contribution in [3.63, 3.8) is 0 Å². The Hall–Kier alpha value is -1.72. The first kappa shape index (κ1) is 14.2. The first-order chi connectivity index (χ1) is 10.1. The van der Waals surface area contributed by atoms with Crippen LogP contribution in [0.2, 0.25) is 5.02 Å². The van der Waals surface area contributed by atoms with Crippen LogP contribution in [0.1, 0.15) is 16.8 Å². The Morgan fingerprint density at radius 3 is 2.86 bits per heavy atom. The number of hydrogen-bond acceptors (Lipinski definition) is 4. The minimum absolute atomic E-state index is 0.546. The number of fused-ring (bicyclic) bond motifs is 1. The van der Waals surface area contributed by atoms with E-state index in [2.05, 4.69) is 17.3 Å². The van der Waals surface area contributed by atoms with Crippen LogP contribution in [-0.4, -0.2) is 23.0 Å². The summed E-state index contributed by atoms with van der Waals surface area (Å²) in [6.07, 6.45) is 1.89. The molecule has 0 saturated carbocycles. The molecule has 1 aliphatic heterocycles. The molecule has 112 valence electrons. The second-order valence-electron chi connectivity index (χ2n) is 5.08. The highest BCUT2D eigenvalue weighted by atomic mass is 35.5. The highest BCUT2D eigenvalue weighted by Crippen LogP contribution is 2.38. The summed E-state index contributed by atoms with van der Waals surface area (Å²) in [5.41, 5.74) is 3.44. The second kappa shape index (κ2) is 5.95. The van der Waals surface area contributed by atoms with Gasteiger partial charge in [-0.3, -0.25) is 4.68 Å². The van der Waals surface area contributed by atoms with Gasteiger partial charge in [0.25, 0.3) is 0 Å². The Balaban J connectivity index is 1.65. The largest absolute Gasteiger partial charge is 0.486 e. The van der Waals surface area contributed by atoms with Crippen molar-refractivity contribution in [3.8, 4) is 11.5 Å². The number of aryl methyl sites for hydroxylation is 1. The van der Waals surface area contributed by atoms with E-state index in [9.17, 15) is 0 Å². The smallest absolute Gasteiger partial charge is 0.179 e. The van der Waals surface area contributed by atoms with Gasteiger partial charge in [-0.1, -0.05) is 11.6 Å². The standard InChI is InChI=1S/C15H18ClN3O2/c1-10-12(9-18-19(10)2)8-17-7-11-5-13(16)15-14(6-11)20-3-4-21-15/h5-6,9,17H,3-4,7-8H2,1-2H3. The van der Waals surface area contributed by atoms with E-state index in [1.165, 1.54) is 11.3 Å². The van der Waals surface area contributed by atoms with E-state index in [1.54, 1.807) is 0 Å². The van der Waals surface area contributed by atoms with Crippen molar-refractivity contribution in [2.24, 2.45) is 7.05 Å². The van der Waals surface area contributed by atoms with E-state index in [1.807, 2.05) is 30.1 Å². The molecule has 1 aromatic heterocycles. The van der Waals surface area contributed by atoms with Gasteiger partial charge in [0, 0.05) is 31.4 Å². The fraction of sp³-hybridized carbons (Fsp3) is 0.400. The zero-order valence-electron chi connectivity index (χ0n) is 12.1. The molecule has 2 aromatic rings. The van der Waals surface area contributed by atoms with E-state index in [4.69, 9.17) is 21.1 Å². The molecule has 1 N–H and O–H groups in total. The van der Waals surface area contributed by atoms with Gasteiger partial charge in [-0.2, -0.15) is 5.10 Å². The van der Waals surface area contributed by atoms with Gasteiger partial charge in [-0.15, -0.1) is 0 Å². The molecule has 0 fully saturated rings. The highest BCUT2D eigenvalue weighted by Gasteiger charge is 2.16. The molecule has 0 aliphatic carbocycles. The van der Waals surface area contributed by atoms with Crippen molar-refractivity contribution < 1.29 is 9.47 Å². The molecule has 0 unspecified atom stereocenters. The van der Waals surface area contributed by atoms with Gasteiger partial charge in [0.05, 0.1) is 11.2 Å². The summed E-state index contributed by atoms with van der Waals surface area (Å²) in [7, 11) is 1.94. The lowest BCUT2D eigenvalue weighted by atomic mass is 10.2. The number of nitrogens with zero attached hydrogens (tertiary/aromatic N) is 2. The number of aromatic nitrogens is 2. The summed E-state index contributed by atoms with van der Waals surface area (Å²) >= 11 is 6.23.